The first-order valence-corrected chi connectivity index (χ1v) is 6.51. The average Bonchev–Trinajstić information content (AvgIpc) is 2.92. The maximum Gasteiger partial charge on any atom is 0.321 e. The summed E-state index contributed by atoms with van der Waals surface area (Å²) in [6, 6.07) is -2.07. The van der Waals surface area contributed by atoms with E-state index in [-0.39, 0.29) is 19.5 Å². The molecule has 6 N–H and O–H groups in total. The number of carbonyl (C=O) groups is 3. The molecule has 1 aromatic heterocycles. The molecule has 1 aromatic rings. The Balaban J connectivity index is 2.37. The number of nitrogens with zero attached hydrogens (tertiary/aromatic N) is 1. The van der Waals surface area contributed by atoms with E-state index in [1.807, 2.05) is 0 Å². The third-order valence-corrected chi connectivity index (χ3v) is 2.86. The van der Waals surface area contributed by atoms with Crippen LogP contribution in [-0.4, -0.2) is 68.4 Å². The number of hydrogen-bond acceptors (Lipinski definition) is 6. The molecule has 0 saturated carbocycles. The van der Waals surface area contributed by atoms with Crippen LogP contribution < -0.4 is 10.6 Å². The molecule has 0 saturated heterocycles. The number of nitrogens with one attached hydrogen (secondary N) is 3. The summed E-state index contributed by atoms with van der Waals surface area (Å²) in [5.41, 5.74) is 0.655. The molecule has 0 amide bonds. The van der Waals surface area contributed by atoms with Crippen molar-refractivity contribution < 1.29 is 29.7 Å². The van der Waals surface area contributed by atoms with Gasteiger partial charge in [-0.15, -0.1) is 0 Å². The Kier molecular flexibility index (Phi) is 6.99. The van der Waals surface area contributed by atoms with Crippen molar-refractivity contribution in [2.45, 2.75) is 24.9 Å². The number of carboxylic acid groups (broad SMARTS) is 3. The van der Waals surface area contributed by atoms with E-state index in [9.17, 15) is 14.4 Å². The summed E-state index contributed by atoms with van der Waals surface area (Å²) in [7, 11) is 0. The van der Waals surface area contributed by atoms with E-state index in [4.69, 9.17) is 15.3 Å². The van der Waals surface area contributed by atoms with Gasteiger partial charge in [-0.25, -0.2) is 4.98 Å². The first kappa shape index (κ1) is 17.6. The van der Waals surface area contributed by atoms with Gasteiger partial charge < -0.3 is 30.9 Å². The highest BCUT2D eigenvalue weighted by atomic mass is 16.4. The van der Waals surface area contributed by atoms with Crippen molar-refractivity contribution in [2.24, 2.45) is 0 Å². The second-order valence-corrected chi connectivity index (χ2v) is 4.57. The van der Waals surface area contributed by atoms with E-state index >= 15 is 0 Å². The van der Waals surface area contributed by atoms with Crippen molar-refractivity contribution >= 4 is 17.9 Å². The topological polar surface area (TPSA) is 165 Å². The molecule has 22 heavy (non-hydrogen) atoms. The van der Waals surface area contributed by atoms with Gasteiger partial charge in [0, 0.05) is 31.4 Å². The molecular formula is C12H18N4O6. The highest BCUT2D eigenvalue weighted by Crippen LogP contribution is 1.98. The van der Waals surface area contributed by atoms with Gasteiger partial charge in [0.25, 0.3) is 0 Å². The van der Waals surface area contributed by atoms with E-state index in [1.165, 1.54) is 12.5 Å². The number of imidazole rings is 1. The molecule has 2 atom stereocenters. The molecule has 1 rings (SSSR count). The molecule has 10 nitrogen and oxygen atoms in total. The predicted molar refractivity (Wildman–Crippen MR) is 73.4 cm³/mol. The van der Waals surface area contributed by atoms with Crippen molar-refractivity contribution in [3.05, 3.63) is 18.2 Å². The highest BCUT2D eigenvalue weighted by Gasteiger charge is 2.21. The fourth-order valence-electron chi connectivity index (χ4n) is 1.78. The number of carboxylic acids is 3. The van der Waals surface area contributed by atoms with Gasteiger partial charge in [0.05, 0.1) is 12.7 Å². The Hall–Kier alpha value is -2.46. The van der Waals surface area contributed by atoms with Gasteiger partial charge in [-0.3, -0.25) is 14.4 Å². The van der Waals surface area contributed by atoms with Crippen LogP contribution in [0.25, 0.3) is 0 Å². The van der Waals surface area contributed by atoms with Gasteiger partial charge in [-0.05, 0) is 0 Å². The van der Waals surface area contributed by atoms with Crippen LogP contribution in [0.1, 0.15) is 12.1 Å². The molecule has 0 fully saturated rings. The standard InChI is InChI=1S/C12H18N4O6/c17-10(18)4-9(12(21)22)15-2-1-14-8(11(19)20)3-7-5-13-6-16-7/h5-6,8-9,14-15H,1-4H2,(H,13,16)(H,17,18)(H,19,20)(H,21,22)/t8-,9-/m0/s1. The summed E-state index contributed by atoms with van der Waals surface area (Å²) in [5.74, 6) is -3.54. The summed E-state index contributed by atoms with van der Waals surface area (Å²) in [6.45, 7) is 0.297. The monoisotopic (exact) mass is 314 g/mol. The molecule has 0 unspecified atom stereocenters. The number of H-pyrrole nitrogens is 1. The minimum Gasteiger partial charge on any atom is -0.481 e. The average molecular weight is 314 g/mol. The van der Waals surface area contributed by atoms with Crippen LogP contribution in [0.4, 0.5) is 0 Å². The van der Waals surface area contributed by atoms with E-state index in [2.05, 4.69) is 20.6 Å². The van der Waals surface area contributed by atoms with Gasteiger partial charge in [-0.2, -0.15) is 0 Å². The smallest absolute Gasteiger partial charge is 0.321 e. The lowest BCUT2D eigenvalue weighted by Gasteiger charge is -2.16. The van der Waals surface area contributed by atoms with Crippen molar-refractivity contribution in [1.29, 1.82) is 0 Å². The number of aromatic nitrogens is 2. The Labute approximate surface area is 125 Å². The molecular weight excluding hydrogens is 296 g/mol. The fraction of sp³-hybridized carbons (Fsp3) is 0.500. The number of aliphatic carboxylic acids is 3. The minimum absolute atomic E-state index is 0.122. The lowest BCUT2D eigenvalue weighted by Crippen LogP contribution is -2.45. The number of rotatable bonds is 11. The third kappa shape index (κ3) is 6.33. The molecule has 0 spiro atoms. The van der Waals surface area contributed by atoms with E-state index in [0.717, 1.165) is 0 Å². The van der Waals surface area contributed by atoms with E-state index in [1.54, 1.807) is 0 Å². The molecule has 0 aliphatic heterocycles. The van der Waals surface area contributed by atoms with Crippen molar-refractivity contribution in [3.63, 3.8) is 0 Å². The molecule has 122 valence electrons. The fourth-order valence-corrected chi connectivity index (χ4v) is 1.78. The second kappa shape index (κ2) is 8.74. The molecule has 0 radical (unpaired) electrons. The molecule has 0 aliphatic carbocycles. The Bertz CT molecular complexity index is 504. The van der Waals surface area contributed by atoms with Crippen molar-refractivity contribution in [1.82, 2.24) is 20.6 Å². The molecule has 0 bridgehead atoms. The third-order valence-electron chi connectivity index (χ3n) is 2.86. The van der Waals surface area contributed by atoms with Crippen LogP contribution in [0.3, 0.4) is 0 Å². The molecule has 10 heteroatoms. The lowest BCUT2D eigenvalue weighted by atomic mass is 10.1. The summed E-state index contributed by atoms with van der Waals surface area (Å²) < 4.78 is 0. The maximum atomic E-state index is 11.1. The molecule has 0 aliphatic rings. The number of aromatic amines is 1. The van der Waals surface area contributed by atoms with Crippen molar-refractivity contribution in [3.8, 4) is 0 Å². The first-order chi connectivity index (χ1) is 10.4. The largest absolute Gasteiger partial charge is 0.481 e. The SMILES string of the molecule is O=C(O)C[C@H](NCCN[C@@H](Cc1cnc[nH]1)C(=O)O)C(=O)O. The van der Waals surface area contributed by atoms with Crippen LogP contribution in [0.5, 0.6) is 0 Å². The van der Waals surface area contributed by atoms with Gasteiger partial charge in [0.1, 0.15) is 12.1 Å². The maximum absolute atomic E-state index is 11.1. The van der Waals surface area contributed by atoms with Crippen molar-refractivity contribution in [2.75, 3.05) is 13.1 Å². The van der Waals surface area contributed by atoms with Gasteiger partial charge in [0.15, 0.2) is 0 Å². The van der Waals surface area contributed by atoms with Crippen LogP contribution in [0.15, 0.2) is 12.5 Å². The molecule has 1 heterocycles. The zero-order valence-corrected chi connectivity index (χ0v) is 11.7. The summed E-state index contributed by atoms with van der Waals surface area (Å²) >= 11 is 0. The van der Waals surface area contributed by atoms with Gasteiger partial charge >= 0.3 is 17.9 Å². The first-order valence-electron chi connectivity index (χ1n) is 6.51. The zero-order chi connectivity index (χ0) is 16.5. The normalized spacial score (nSPS) is 13.5. The lowest BCUT2D eigenvalue weighted by molar-refractivity contribution is -0.145. The predicted octanol–water partition coefficient (Wildman–Crippen LogP) is -1.49. The Morgan fingerprint density at radius 2 is 1.68 bits per heavy atom. The number of hydrogen-bond donors (Lipinski definition) is 6. The zero-order valence-electron chi connectivity index (χ0n) is 11.7. The second-order valence-electron chi connectivity index (χ2n) is 4.57. The van der Waals surface area contributed by atoms with E-state index < -0.39 is 36.4 Å². The van der Waals surface area contributed by atoms with Crippen LogP contribution in [0.2, 0.25) is 0 Å². The Morgan fingerprint density at radius 3 is 2.14 bits per heavy atom. The quantitative estimate of drug-likeness (QED) is 0.267. The minimum atomic E-state index is -1.27. The van der Waals surface area contributed by atoms with E-state index in [0.29, 0.717) is 5.69 Å². The highest BCUT2D eigenvalue weighted by molar-refractivity contribution is 5.80. The van der Waals surface area contributed by atoms with Gasteiger partial charge in [0.2, 0.25) is 0 Å². The van der Waals surface area contributed by atoms with Crippen LogP contribution >= 0.6 is 0 Å². The summed E-state index contributed by atoms with van der Waals surface area (Å²) in [6.07, 6.45) is 2.61. The van der Waals surface area contributed by atoms with Crippen LogP contribution in [-0.2, 0) is 20.8 Å². The summed E-state index contributed by atoms with van der Waals surface area (Å²) in [4.78, 5) is 39.1. The van der Waals surface area contributed by atoms with Crippen LogP contribution in [0, 0.1) is 0 Å². The molecule has 0 aromatic carbocycles. The summed E-state index contributed by atoms with van der Waals surface area (Å²) in [5, 5.41) is 31.8. The van der Waals surface area contributed by atoms with Gasteiger partial charge in [-0.1, -0.05) is 0 Å². The Morgan fingerprint density at radius 1 is 1.09 bits per heavy atom.